The average Bonchev–Trinajstić information content (AvgIpc) is 2.45. The summed E-state index contributed by atoms with van der Waals surface area (Å²) in [5.41, 5.74) is 6.92. The minimum atomic E-state index is -0.195. The summed E-state index contributed by atoms with van der Waals surface area (Å²) in [6.45, 7) is 0. The average molecular weight is 270 g/mol. The van der Waals surface area contributed by atoms with Gasteiger partial charge in [0.15, 0.2) is 0 Å². The Balaban J connectivity index is 1.62. The van der Waals surface area contributed by atoms with Crippen LogP contribution in [0.2, 0.25) is 0 Å². The highest BCUT2D eigenvalue weighted by atomic mass is 19.1. The van der Waals surface area contributed by atoms with E-state index < -0.39 is 0 Å². The fraction of sp³-hybridized carbons (Fsp3) is 0.294. The Hall–Kier alpha value is -1.71. The van der Waals surface area contributed by atoms with Crippen molar-refractivity contribution >= 4 is 0 Å². The molecule has 0 aromatic heterocycles. The van der Waals surface area contributed by atoms with E-state index in [0.29, 0.717) is 5.92 Å². The van der Waals surface area contributed by atoms with Crippen LogP contribution in [0.4, 0.5) is 4.39 Å². The highest BCUT2D eigenvalue weighted by Gasteiger charge is 2.27. The molecule has 0 spiro atoms. The molecule has 2 atom stereocenters. The summed E-state index contributed by atoms with van der Waals surface area (Å²) in [4.78, 5) is 0. The number of nitrogens with two attached hydrogens (primary N) is 1. The van der Waals surface area contributed by atoms with Gasteiger partial charge in [-0.3, -0.25) is 11.3 Å². The van der Waals surface area contributed by atoms with Crippen LogP contribution in [-0.4, -0.2) is 6.04 Å². The van der Waals surface area contributed by atoms with Crippen molar-refractivity contribution in [3.63, 3.8) is 0 Å². The zero-order valence-electron chi connectivity index (χ0n) is 11.4. The molecule has 0 fully saturated rings. The first kappa shape index (κ1) is 13.3. The van der Waals surface area contributed by atoms with Gasteiger partial charge in [-0.05, 0) is 54.0 Å². The molecular weight excluding hydrogens is 251 g/mol. The van der Waals surface area contributed by atoms with Crippen molar-refractivity contribution in [1.29, 1.82) is 0 Å². The summed E-state index contributed by atoms with van der Waals surface area (Å²) in [5, 5.41) is 0. The molecule has 0 bridgehead atoms. The highest BCUT2D eigenvalue weighted by Crippen LogP contribution is 2.38. The van der Waals surface area contributed by atoms with Crippen LogP contribution in [-0.2, 0) is 12.8 Å². The van der Waals surface area contributed by atoms with Crippen molar-refractivity contribution < 1.29 is 4.39 Å². The Kier molecular flexibility index (Phi) is 3.81. The maximum absolute atomic E-state index is 12.9. The van der Waals surface area contributed by atoms with Gasteiger partial charge < -0.3 is 0 Å². The Labute approximate surface area is 118 Å². The Morgan fingerprint density at radius 2 is 1.90 bits per heavy atom. The molecule has 0 saturated carbocycles. The van der Waals surface area contributed by atoms with Crippen LogP contribution in [0.25, 0.3) is 0 Å². The first-order valence-corrected chi connectivity index (χ1v) is 7.04. The van der Waals surface area contributed by atoms with Crippen LogP contribution in [0.1, 0.15) is 29.0 Å². The van der Waals surface area contributed by atoms with E-state index in [1.807, 2.05) is 12.1 Å². The molecule has 2 aromatic carbocycles. The normalized spacial score (nSPS) is 18.2. The van der Waals surface area contributed by atoms with Gasteiger partial charge in [0.05, 0.1) is 0 Å². The van der Waals surface area contributed by atoms with Crippen molar-refractivity contribution in [2.45, 2.75) is 31.2 Å². The van der Waals surface area contributed by atoms with Gasteiger partial charge in [-0.1, -0.05) is 36.4 Å². The predicted molar refractivity (Wildman–Crippen MR) is 78.7 cm³/mol. The molecule has 0 saturated heterocycles. The third-order valence-corrected chi connectivity index (χ3v) is 4.16. The lowest BCUT2D eigenvalue weighted by atomic mass is 9.74. The second-order valence-corrected chi connectivity index (χ2v) is 5.53. The van der Waals surface area contributed by atoms with Gasteiger partial charge in [-0.25, -0.2) is 4.39 Å². The molecule has 0 radical (unpaired) electrons. The standard InChI is InChI=1S/C17H19FN2/c18-15-7-5-12(6-8-15)9-16(20-19)11-14-10-13-3-1-2-4-17(13)14/h1-8,14,16,20H,9-11,19H2. The molecule has 2 nitrogen and oxygen atoms in total. The minimum Gasteiger partial charge on any atom is -0.271 e. The molecule has 0 heterocycles. The molecule has 0 aliphatic heterocycles. The second kappa shape index (κ2) is 5.73. The fourth-order valence-electron chi connectivity index (χ4n) is 3.03. The molecule has 3 rings (SSSR count). The quantitative estimate of drug-likeness (QED) is 0.647. The Morgan fingerprint density at radius 1 is 1.15 bits per heavy atom. The summed E-state index contributed by atoms with van der Waals surface area (Å²) < 4.78 is 12.9. The molecule has 20 heavy (non-hydrogen) atoms. The molecule has 104 valence electrons. The first-order chi connectivity index (χ1) is 9.76. The number of benzene rings is 2. The maximum atomic E-state index is 12.9. The van der Waals surface area contributed by atoms with Gasteiger partial charge in [0.25, 0.3) is 0 Å². The van der Waals surface area contributed by atoms with Gasteiger partial charge in [0.1, 0.15) is 5.82 Å². The molecule has 1 aliphatic rings. The molecule has 3 N–H and O–H groups in total. The molecular formula is C17H19FN2. The van der Waals surface area contributed by atoms with Crippen LogP contribution >= 0.6 is 0 Å². The number of hydrogen-bond acceptors (Lipinski definition) is 2. The van der Waals surface area contributed by atoms with E-state index in [1.165, 1.54) is 23.3 Å². The SMILES string of the molecule is NNC(Cc1ccc(F)cc1)CC1Cc2ccccc21. The molecule has 3 heteroatoms. The number of hydrogen-bond donors (Lipinski definition) is 2. The van der Waals surface area contributed by atoms with E-state index >= 15 is 0 Å². The fourth-order valence-corrected chi connectivity index (χ4v) is 3.03. The van der Waals surface area contributed by atoms with Crippen LogP contribution < -0.4 is 11.3 Å². The zero-order valence-corrected chi connectivity index (χ0v) is 11.4. The number of rotatable bonds is 5. The number of halogens is 1. The number of nitrogens with one attached hydrogen (secondary N) is 1. The number of hydrazine groups is 1. The van der Waals surface area contributed by atoms with Gasteiger partial charge >= 0.3 is 0 Å². The van der Waals surface area contributed by atoms with E-state index in [2.05, 4.69) is 29.7 Å². The summed E-state index contributed by atoms with van der Waals surface area (Å²) in [5.74, 6) is 6.07. The lowest BCUT2D eigenvalue weighted by molar-refractivity contribution is 0.421. The lowest BCUT2D eigenvalue weighted by Crippen LogP contribution is -2.39. The Morgan fingerprint density at radius 3 is 2.60 bits per heavy atom. The van der Waals surface area contributed by atoms with Crippen LogP contribution in [0.15, 0.2) is 48.5 Å². The first-order valence-electron chi connectivity index (χ1n) is 7.04. The van der Waals surface area contributed by atoms with Crippen molar-refractivity contribution in [2.24, 2.45) is 5.84 Å². The van der Waals surface area contributed by atoms with Gasteiger partial charge in [0, 0.05) is 6.04 Å². The van der Waals surface area contributed by atoms with E-state index in [9.17, 15) is 4.39 Å². The highest BCUT2D eigenvalue weighted by molar-refractivity contribution is 5.40. The van der Waals surface area contributed by atoms with Crippen molar-refractivity contribution in [3.05, 3.63) is 71.0 Å². The lowest BCUT2D eigenvalue weighted by Gasteiger charge is -2.33. The van der Waals surface area contributed by atoms with Crippen molar-refractivity contribution in [1.82, 2.24) is 5.43 Å². The summed E-state index contributed by atoms with van der Waals surface area (Å²) in [6, 6.07) is 15.5. The predicted octanol–water partition coefficient (Wildman–Crippen LogP) is 2.93. The molecule has 2 unspecified atom stereocenters. The van der Waals surface area contributed by atoms with Crippen molar-refractivity contribution in [3.8, 4) is 0 Å². The summed E-state index contributed by atoms with van der Waals surface area (Å²) >= 11 is 0. The van der Waals surface area contributed by atoms with Gasteiger partial charge in [-0.2, -0.15) is 0 Å². The third-order valence-electron chi connectivity index (χ3n) is 4.16. The molecule has 2 aromatic rings. The van der Waals surface area contributed by atoms with E-state index in [0.717, 1.165) is 24.8 Å². The maximum Gasteiger partial charge on any atom is 0.123 e. The topological polar surface area (TPSA) is 38.0 Å². The second-order valence-electron chi connectivity index (χ2n) is 5.53. The number of fused-ring (bicyclic) bond motifs is 1. The molecule has 0 amide bonds. The zero-order chi connectivity index (χ0) is 13.9. The minimum absolute atomic E-state index is 0.195. The van der Waals surface area contributed by atoms with Gasteiger partial charge in [-0.15, -0.1) is 0 Å². The van der Waals surface area contributed by atoms with E-state index in [-0.39, 0.29) is 11.9 Å². The van der Waals surface area contributed by atoms with Crippen molar-refractivity contribution in [2.75, 3.05) is 0 Å². The van der Waals surface area contributed by atoms with E-state index in [1.54, 1.807) is 0 Å². The van der Waals surface area contributed by atoms with E-state index in [4.69, 9.17) is 5.84 Å². The van der Waals surface area contributed by atoms with Crippen LogP contribution in [0, 0.1) is 5.82 Å². The van der Waals surface area contributed by atoms with Crippen LogP contribution in [0.5, 0.6) is 0 Å². The molecule has 1 aliphatic carbocycles. The Bertz CT molecular complexity index is 580. The third kappa shape index (κ3) is 2.74. The van der Waals surface area contributed by atoms with Crippen LogP contribution in [0.3, 0.4) is 0 Å². The smallest absolute Gasteiger partial charge is 0.123 e. The summed E-state index contributed by atoms with van der Waals surface area (Å²) in [7, 11) is 0. The summed E-state index contributed by atoms with van der Waals surface area (Å²) in [6.07, 6.45) is 2.98. The van der Waals surface area contributed by atoms with Gasteiger partial charge in [0.2, 0.25) is 0 Å². The largest absolute Gasteiger partial charge is 0.271 e. The monoisotopic (exact) mass is 270 g/mol.